The van der Waals surface area contributed by atoms with Gasteiger partial charge in [0.15, 0.2) is 0 Å². The molecular weight excluding hydrogens is 262 g/mol. The van der Waals surface area contributed by atoms with Crippen molar-refractivity contribution in [3.8, 4) is 12.3 Å². The Balaban J connectivity index is 1.58. The minimum Gasteiger partial charge on any atom is -0.348 e. The van der Waals surface area contributed by atoms with Gasteiger partial charge in [-0.2, -0.15) is 0 Å². The number of aromatic nitrogens is 1. The molecule has 2 aliphatic rings. The van der Waals surface area contributed by atoms with E-state index in [0.29, 0.717) is 17.5 Å². The largest absolute Gasteiger partial charge is 0.348 e. The van der Waals surface area contributed by atoms with Crippen molar-refractivity contribution in [3.63, 3.8) is 0 Å². The summed E-state index contributed by atoms with van der Waals surface area (Å²) in [4.78, 5) is 14.9. The van der Waals surface area contributed by atoms with Crippen molar-refractivity contribution >= 4 is 11.4 Å². The van der Waals surface area contributed by atoms with Crippen LogP contribution in [0.3, 0.4) is 0 Å². The SMILES string of the molecule is C#Cc1ccn2ccc(C(=O)NC3CN4CC[C@H]3C4)cc12. The molecule has 0 radical (unpaired) electrons. The molecule has 0 saturated carbocycles. The zero-order valence-electron chi connectivity index (χ0n) is 11.7. The Bertz CT molecular complexity index is 755. The van der Waals surface area contributed by atoms with Gasteiger partial charge in [-0.1, -0.05) is 5.92 Å². The Morgan fingerprint density at radius 3 is 2.90 bits per heavy atom. The number of nitrogens with one attached hydrogen (secondary N) is 1. The minimum atomic E-state index is 0.000390. The molecular formula is C17H17N3O. The average Bonchev–Trinajstić information content (AvgIpc) is 3.21. The first-order chi connectivity index (χ1) is 10.2. The number of piperidine rings is 1. The summed E-state index contributed by atoms with van der Waals surface area (Å²) in [5.74, 6) is 3.27. The maximum atomic E-state index is 12.5. The van der Waals surface area contributed by atoms with Gasteiger partial charge in [0, 0.05) is 42.7 Å². The fraction of sp³-hybridized carbons (Fsp3) is 0.353. The summed E-state index contributed by atoms with van der Waals surface area (Å²) in [6.07, 6.45) is 10.5. The van der Waals surface area contributed by atoms with Crippen LogP contribution in [0.2, 0.25) is 0 Å². The van der Waals surface area contributed by atoms with Crippen molar-refractivity contribution in [2.75, 3.05) is 19.6 Å². The molecule has 2 saturated heterocycles. The quantitative estimate of drug-likeness (QED) is 0.843. The molecule has 2 bridgehead atoms. The van der Waals surface area contributed by atoms with Crippen LogP contribution in [-0.2, 0) is 0 Å². The minimum absolute atomic E-state index is 0.000390. The van der Waals surface area contributed by atoms with Gasteiger partial charge in [-0.15, -0.1) is 6.42 Å². The van der Waals surface area contributed by atoms with Crippen LogP contribution in [0.25, 0.3) is 5.52 Å². The molecule has 106 valence electrons. The van der Waals surface area contributed by atoms with Gasteiger partial charge in [0.25, 0.3) is 5.91 Å². The molecule has 4 rings (SSSR count). The number of fused-ring (bicyclic) bond motifs is 3. The van der Waals surface area contributed by atoms with E-state index < -0.39 is 0 Å². The molecule has 2 aliphatic heterocycles. The second-order valence-electron chi connectivity index (χ2n) is 5.97. The highest BCUT2D eigenvalue weighted by molar-refractivity contribution is 5.95. The van der Waals surface area contributed by atoms with Crippen LogP contribution in [-0.4, -0.2) is 40.9 Å². The van der Waals surface area contributed by atoms with Gasteiger partial charge >= 0.3 is 0 Å². The summed E-state index contributed by atoms with van der Waals surface area (Å²) in [5.41, 5.74) is 2.40. The molecule has 3 atom stereocenters. The summed E-state index contributed by atoms with van der Waals surface area (Å²) < 4.78 is 1.94. The number of amides is 1. The molecule has 0 aliphatic carbocycles. The topological polar surface area (TPSA) is 36.8 Å². The number of terminal acetylenes is 1. The maximum absolute atomic E-state index is 12.5. The maximum Gasteiger partial charge on any atom is 0.251 e. The van der Waals surface area contributed by atoms with Crippen LogP contribution < -0.4 is 5.32 Å². The van der Waals surface area contributed by atoms with Crippen LogP contribution in [0.4, 0.5) is 0 Å². The lowest BCUT2D eigenvalue weighted by atomic mass is 9.99. The number of nitrogens with zero attached hydrogens (tertiary/aromatic N) is 2. The van der Waals surface area contributed by atoms with Crippen LogP contribution in [0.5, 0.6) is 0 Å². The highest BCUT2D eigenvalue weighted by Gasteiger charge is 2.38. The second kappa shape index (κ2) is 4.64. The van der Waals surface area contributed by atoms with E-state index in [9.17, 15) is 4.79 Å². The van der Waals surface area contributed by atoms with Gasteiger partial charge in [-0.05, 0) is 37.1 Å². The highest BCUT2D eigenvalue weighted by atomic mass is 16.1. The van der Waals surface area contributed by atoms with Crippen molar-refractivity contribution in [1.82, 2.24) is 14.6 Å². The average molecular weight is 279 g/mol. The molecule has 0 spiro atoms. The number of rotatable bonds is 2. The predicted molar refractivity (Wildman–Crippen MR) is 81.1 cm³/mol. The molecule has 21 heavy (non-hydrogen) atoms. The van der Waals surface area contributed by atoms with Gasteiger partial charge in [0.05, 0.1) is 5.52 Å². The van der Waals surface area contributed by atoms with Crippen molar-refractivity contribution in [2.45, 2.75) is 12.5 Å². The zero-order valence-corrected chi connectivity index (χ0v) is 11.7. The standard InChI is InChI=1S/C17H17N3O/c1-2-12-4-7-20-8-5-13(9-16(12)20)17(21)18-15-11-19-6-3-14(15)10-19/h1,4-5,7-9,14-15H,3,6,10-11H2,(H,18,21)/t14-,15?/m0/s1. The Morgan fingerprint density at radius 2 is 2.19 bits per heavy atom. The van der Waals surface area contributed by atoms with E-state index >= 15 is 0 Å². The highest BCUT2D eigenvalue weighted by Crippen LogP contribution is 2.28. The van der Waals surface area contributed by atoms with Crippen LogP contribution in [0.1, 0.15) is 22.3 Å². The number of carbonyl (C=O) groups excluding carboxylic acids is 1. The van der Waals surface area contributed by atoms with Gasteiger partial charge in [0.1, 0.15) is 0 Å². The number of hydrogen-bond donors (Lipinski definition) is 1. The molecule has 0 aromatic carbocycles. The first-order valence-corrected chi connectivity index (χ1v) is 7.35. The Labute approximate surface area is 123 Å². The monoisotopic (exact) mass is 279 g/mol. The number of pyridine rings is 1. The van der Waals surface area contributed by atoms with E-state index in [-0.39, 0.29) is 5.91 Å². The van der Waals surface area contributed by atoms with Crippen molar-refractivity contribution in [3.05, 3.63) is 41.7 Å². The van der Waals surface area contributed by atoms with Crippen LogP contribution in [0.15, 0.2) is 30.6 Å². The third-order valence-electron chi connectivity index (χ3n) is 4.73. The smallest absolute Gasteiger partial charge is 0.251 e. The van der Waals surface area contributed by atoms with Crippen molar-refractivity contribution < 1.29 is 4.79 Å². The first-order valence-electron chi connectivity index (χ1n) is 7.35. The Kier molecular flexibility index (Phi) is 2.76. The van der Waals surface area contributed by atoms with Gasteiger partial charge < -0.3 is 14.6 Å². The van der Waals surface area contributed by atoms with Gasteiger partial charge in [-0.3, -0.25) is 4.79 Å². The molecule has 1 amide bonds. The summed E-state index contributed by atoms with van der Waals surface area (Å²) in [6.45, 7) is 3.29. The zero-order chi connectivity index (χ0) is 14.4. The fourth-order valence-electron chi connectivity index (χ4n) is 3.56. The van der Waals surface area contributed by atoms with Gasteiger partial charge in [0.2, 0.25) is 0 Å². The van der Waals surface area contributed by atoms with E-state index in [1.807, 2.05) is 35.0 Å². The molecule has 2 aromatic rings. The van der Waals surface area contributed by atoms with Crippen LogP contribution >= 0.6 is 0 Å². The molecule has 4 heterocycles. The number of carbonyl (C=O) groups is 1. The third-order valence-corrected chi connectivity index (χ3v) is 4.73. The normalized spacial score (nSPS) is 26.9. The lowest BCUT2D eigenvalue weighted by molar-refractivity contribution is 0.0924. The Morgan fingerprint density at radius 1 is 1.33 bits per heavy atom. The lowest BCUT2D eigenvalue weighted by Gasteiger charge is -2.23. The third kappa shape index (κ3) is 2.01. The predicted octanol–water partition coefficient (Wildman–Crippen LogP) is 1.35. The number of hydrogen-bond acceptors (Lipinski definition) is 2. The summed E-state index contributed by atoms with van der Waals surface area (Å²) >= 11 is 0. The molecule has 4 heteroatoms. The molecule has 2 unspecified atom stereocenters. The first kappa shape index (κ1) is 12.5. The lowest BCUT2D eigenvalue weighted by Crippen LogP contribution is -2.43. The van der Waals surface area contributed by atoms with E-state index in [0.717, 1.165) is 24.2 Å². The van der Waals surface area contributed by atoms with Gasteiger partial charge in [-0.25, -0.2) is 0 Å². The molecule has 1 N–H and O–H groups in total. The second-order valence-corrected chi connectivity index (χ2v) is 5.97. The Hall–Kier alpha value is -2.25. The van der Waals surface area contributed by atoms with Crippen molar-refractivity contribution in [2.24, 2.45) is 5.92 Å². The van der Waals surface area contributed by atoms with Crippen LogP contribution in [0, 0.1) is 18.3 Å². The van der Waals surface area contributed by atoms with E-state index in [1.54, 1.807) is 0 Å². The summed E-state index contributed by atoms with van der Waals surface area (Å²) in [6, 6.07) is 5.90. The summed E-state index contributed by atoms with van der Waals surface area (Å²) in [5, 5.41) is 3.18. The molecule has 4 nitrogen and oxygen atoms in total. The van der Waals surface area contributed by atoms with E-state index in [1.165, 1.54) is 13.0 Å². The summed E-state index contributed by atoms with van der Waals surface area (Å²) in [7, 11) is 0. The molecule has 2 aromatic heterocycles. The van der Waals surface area contributed by atoms with Crippen molar-refractivity contribution in [1.29, 1.82) is 0 Å². The van der Waals surface area contributed by atoms with E-state index in [2.05, 4.69) is 16.1 Å². The fourth-order valence-corrected chi connectivity index (χ4v) is 3.56. The van der Waals surface area contributed by atoms with E-state index in [4.69, 9.17) is 6.42 Å². The molecule has 2 fully saturated rings.